The number of hydrogen-bond acceptors (Lipinski definition) is 4. The molecule has 158 valence electrons. The Morgan fingerprint density at radius 3 is 2.54 bits per heavy atom. The first-order valence-corrected chi connectivity index (χ1v) is 10.4. The fourth-order valence-corrected chi connectivity index (χ4v) is 3.65. The van der Waals surface area contributed by atoms with Gasteiger partial charge in [0.05, 0.1) is 12.2 Å². The molecule has 8 nitrogen and oxygen atoms in total. The highest BCUT2D eigenvalue weighted by molar-refractivity contribution is 5.79. The Hall–Kier alpha value is -2.09. The minimum absolute atomic E-state index is 0.0730. The van der Waals surface area contributed by atoms with E-state index in [2.05, 4.69) is 34.5 Å². The fourth-order valence-electron chi connectivity index (χ4n) is 3.65. The van der Waals surface area contributed by atoms with Crippen LogP contribution in [0.5, 0.6) is 0 Å². The lowest BCUT2D eigenvalue weighted by atomic mass is 9.96. The SMILES string of the molecule is CCNC(=NCc1c(C)nn(C)c1C)NCCCCN1CCC(C(N)=O)CC1. The summed E-state index contributed by atoms with van der Waals surface area (Å²) in [5, 5.41) is 11.2. The van der Waals surface area contributed by atoms with Crippen molar-refractivity contribution in [3.8, 4) is 0 Å². The number of aryl methyl sites for hydroxylation is 2. The molecule has 0 aliphatic carbocycles. The van der Waals surface area contributed by atoms with Crippen molar-refractivity contribution in [1.29, 1.82) is 0 Å². The number of piperidine rings is 1. The summed E-state index contributed by atoms with van der Waals surface area (Å²) in [6, 6.07) is 0. The quantitative estimate of drug-likeness (QED) is 0.332. The van der Waals surface area contributed by atoms with Crippen LogP contribution >= 0.6 is 0 Å². The first kappa shape index (κ1) is 22.2. The first-order chi connectivity index (χ1) is 13.4. The van der Waals surface area contributed by atoms with Gasteiger partial charge in [-0.1, -0.05) is 0 Å². The van der Waals surface area contributed by atoms with Gasteiger partial charge in [0, 0.05) is 37.3 Å². The number of nitrogens with two attached hydrogens (primary N) is 1. The van der Waals surface area contributed by atoms with Gasteiger partial charge in [-0.05, 0) is 66.1 Å². The van der Waals surface area contributed by atoms with Crippen molar-refractivity contribution >= 4 is 11.9 Å². The van der Waals surface area contributed by atoms with Crippen molar-refractivity contribution in [2.75, 3.05) is 32.7 Å². The number of amides is 1. The summed E-state index contributed by atoms with van der Waals surface area (Å²) in [4.78, 5) is 18.4. The van der Waals surface area contributed by atoms with Gasteiger partial charge in [-0.2, -0.15) is 5.10 Å². The number of nitrogens with zero attached hydrogens (tertiary/aromatic N) is 4. The van der Waals surface area contributed by atoms with Gasteiger partial charge < -0.3 is 21.3 Å². The highest BCUT2D eigenvalue weighted by Crippen LogP contribution is 2.16. The molecular formula is C20H37N7O. The molecule has 0 bridgehead atoms. The predicted octanol–water partition coefficient (Wildman–Crippen LogP) is 1.07. The second kappa shape index (κ2) is 11.0. The van der Waals surface area contributed by atoms with E-state index in [9.17, 15) is 4.79 Å². The molecule has 1 saturated heterocycles. The molecule has 0 aromatic carbocycles. The number of hydrogen-bond donors (Lipinski definition) is 3. The van der Waals surface area contributed by atoms with Crippen LogP contribution in [-0.2, 0) is 18.4 Å². The summed E-state index contributed by atoms with van der Waals surface area (Å²) in [6.45, 7) is 11.6. The molecule has 2 rings (SSSR count). The predicted molar refractivity (Wildman–Crippen MR) is 113 cm³/mol. The molecule has 2 heterocycles. The molecule has 28 heavy (non-hydrogen) atoms. The molecule has 1 fully saturated rings. The Balaban J connectivity index is 1.69. The molecule has 0 atom stereocenters. The Labute approximate surface area is 168 Å². The Morgan fingerprint density at radius 2 is 1.96 bits per heavy atom. The van der Waals surface area contributed by atoms with Crippen molar-refractivity contribution in [2.45, 2.75) is 53.0 Å². The van der Waals surface area contributed by atoms with Crippen molar-refractivity contribution in [1.82, 2.24) is 25.3 Å². The van der Waals surface area contributed by atoms with Gasteiger partial charge in [-0.15, -0.1) is 0 Å². The van der Waals surface area contributed by atoms with Gasteiger partial charge >= 0.3 is 0 Å². The Kier molecular flexibility index (Phi) is 8.76. The molecule has 0 radical (unpaired) electrons. The monoisotopic (exact) mass is 391 g/mol. The van der Waals surface area contributed by atoms with Gasteiger partial charge in [0.25, 0.3) is 0 Å². The van der Waals surface area contributed by atoms with Crippen LogP contribution in [0, 0.1) is 19.8 Å². The molecule has 1 amide bonds. The molecular weight excluding hydrogens is 354 g/mol. The van der Waals surface area contributed by atoms with Gasteiger partial charge in [0.1, 0.15) is 0 Å². The molecule has 1 aliphatic heterocycles. The van der Waals surface area contributed by atoms with E-state index in [1.54, 1.807) is 0 Å². The number of aliphatic imine (C=N–C) groups is 1. The maximum atomic E-state index is 11.2. The van der Waals surface area contributed by atoms with E-state index in [1.165, 1.54) is 5.56 Å². The van der Waals surface area contributed by atoms with Crippen LogP contribution < -0.4 is 16.4 Å². The number of likely N-dealkylation sites (tertiary alicyclic amines) is 1. The van der Waals surface area contributed by atoms with Gasteiger partial charge in [0.2, 0.25) is 5.91 Å². The maximum Gasteiger partial charge on any atom is 0.220 e. The van der Waals surface area contributed by atoms with Crippen LogP contribution in [0.15, 0.2) is 4.99 Å². The van der Waals surface area contributed by atoms with E-state index in [0.717, 1.165) is 75.8 Å². The summed E-state index contributed by atoms with van der Waals surface area (Å²) in [5.41, 5.74) is 8.80. The summed E-state index contributed by atoms with van der Waals surface area (Å²) >= 11 is 0. The number of guanidine groups is 1. The lowest BCUT2D eigenvalue weighted by Crippen LogP contribution is -2.39. The fraction of sp³-hybridized carbons (Fsp3) is 0.750. The minimum atomic E-state index is -0.143. The maximum absolute atomic E-state index is 11.2. The van der Waals surface area contributed by atoms with Gasteiger partial charge in [-0.3, -0.25) is 9.48 Å². The van der Waals surface area contributed by atoms with Crippen molar-refractivity contribution < 1.29 is 4.79 Å². The molecule has 1 aromatic heterocycles. The Bertz CT molecular complexity index is 660. The molecule has 0 unspecified atom stereocenters. The van der Waals surface area contributed by atoms with Crippen LogP contribution in [0.2, 0.25) is 0 Å². The molecule has 1 aromatic rings. The summed E-state index contributed by atoms with van der Waals surface area (Å²) < 4.78 is 1.91. The molecule has 0 saturated carbocycles. The van der Waals surface area contributed by atoms with E-state index in [4.69, 9.17) is 10.7 Å². The van der Waals surface area contributed by atoms with E-state index < -0.39 is 0 Å². The van der Waals surface area contributed by atoms with Crippen molar-refractivity contribution in [2.24, 2.45) is 23.7 Å². The topological polar surface area (TPSA) is 101 Å². The Morgan fingerprint density at radius 1 is 1.25 bits per heavy atom. The first-order valence-electron chi connectivity index (χ1n) is 10.4. The lowest BCUT2D eigenvalue weighted by Gasteiger charge is -2.30. The second-order valence-electron chi connectivity index (χ2n) is 7.62. The zero-order chi connectivity index (χ0) is 20.5. The van der Waals surface area contributed by atoms with E-state index in [-0.39, 0.29) is 11.8 Å². The number of carbonyl (C=O) groups is 1. The zero-order valence-electron chi connectivity index (χ0n) is 17.9. The van der Waals surface area contributed by atoms with Crippen LogP contribution in [0.4, 0.5) is 0 Å². The number of unbranched alkanes of at least 4 members (excludes halogenated alkanes) is 1. The summed E-state index contributed by atoms with van der Waals surface area (Å²) in [5.74, 6) is 0.784. The van der Waals surface area contributed by atoms with E-state index in [0.29, 0.717) is 6.54 Å². The van der Waals surface area contributed by atoms with Crippen LogP contribution in [-0.4, -0.2) is 59.3 Å². The van der Waals surface area contributed by atoms with Crippen molar-refractivity contribution in [3.05, 3.63) is 17.0 Å². The molecule has 4 N–H and O–H groups in total. The lowest BCUT2D eigenvalue weighted by molar-refractivity contribution is -0.123. The van der Waals surface area contributed by atoms with E-state index >= 15 is 0 Å². The number of nitrogens with one attached hydrogen (secondary N) is 2. The number of primary amides is 1. The smallest absolute Gasteiger partial charge is 0.220 e. The average molecular weight is 392 g/mol. The largest absolute Gasteiger partial charge is 0.369 e. The van der Waals surface area contributed by atoms with Crippen molar-refractivity contribution in [3.63, 3.8) is 0 Å². The summed E-state index contributed by atoms with van der Waals surface area (Å²) in [7, 11) is 1.97. The number of rotatable bonds is 9. The normalized spacial score (nSPS) is 16.4. The zero-order valence-corrected chi connectivity index (χ0v) is 17.9. The molecule has 0 spiro atoms. The highest BCUT2D eigenvalue weighted by Gasteiger charge is 2.22. The third-order valence-electron chi connectivity index (χ3n) is 5.58. The third-order valence-corrected chi connectivity index (χ3v) is 5.58. The number of carbonyl (C=O) groups excluding carboxylic acids is 1. The molecule has 1 aliphatic rings. The van der Waals surface area contributed by atoms with Gasteiger partial charge in [0.15, 0.2) is 5.96 Å². The van der Waals surface area contributed by atoms with E-state index in [1.807, 2.05) is 18.7 Å². The number of aromatic nitrogens is 2. The highest BCUT2D eigenvalue weighted by atomic mass is 16.1. The van der Waals surface area contributed by atoms with Crippen LogP contribution in [0.3, 0.4) is 0 Å². The summed E-state index contributed by atoms with van der Waals surface area (Å²) in [6.07, 6.45) is 4.02. The molecule has 8 heteroatoms. The standard InChI is InChI=1S/C20H37N7O/c1-5-22-20(24-14-18-15(2)25-26(4)16(18)3)23-10-6-7-11-27-12-8-17(9-13-27)19(21)28/h17H,5-14H2,1-4H3,(H2,21,28)(H2,22,23,24). The van der Waals surface area contributed by atoms with Gasteiger partial charge in [-0.25, -0.2) is 4.99 Å². The second-order valence-corrected chi connectivity index (χ2v) is 7.62. The van der Waals surface area contributed by atoms with Crippen LogP contribution in [0.1, 0.15) is 49.6 Å². The minimum Gasteiger partial charge on any atom is -0.369 e. The third kappa shape index (κ3) is 6.51. The van der Waals surface area contributed by atoms with Crippen LogP contribution in [0.25, 0.3) is 0 Å². The average Bonchev–Trinajstić information content (AvgIpc) is 2.91.